The number of urea groups is 1. The summed E-state index contributed by atoms with van der Waals surface area (Å²) in [5, 5.41) is 2.46. The molecule has 0 spiro atoms. The second-order valence-corrected chi connectivity index (χ2v) is 2.86. The highest BCUT2D eigenvalue weighted by Gasteiger charge is 2.17. The highest BCUT2D eigenvalue weighted by atomic mass is 16.5. The fraction of sp³-hybridized carbons (Fsp3) is 0.750. The molecule has 2 amide bonds. The van der Waals surface area contributed by atoms with E-state index in [-0.39, 0.29) is 17.9 Å². The molecule has 0 rings (SSSR count). The maximum Gasteiger partial charge on any atom is 0.316 e. The molecule has 1 atom stereocenters. The zero-order chi connectivity index (χ0) is 10.4. The van der Waals surface area contributed by atoms with Crippen molar-refractivity contribution in [1.29, 1.82) is 0 Å². The van der Waals surface area contributed by atoms with Gasteiger partial charge in [-0.05, 0) is 0 Å². The largest absolute Gasteiger partial charge is 0.469 e. The molecule has 0 fully saturated rings. The van der Waals surface area contributed by atoms with Gasteiger partial charge in [-0.2, -0.15) is 0 Å². The second-order valence-electron chi connectivity index (χ2n) is 2.86. The molecule has 1 N–H and O–H groups in total. The Morgan fingerprint density at radius 3 is 2.46 bits per heavy atom. The molecule has 0 aromatic rings. The van der Waals surface area contributed by atoms with Crippen LogP contribution in [0.5, 0.6) is 0 Å². The second kappa shape index (κ2) is 5.40. The molecule has 13 heavy (non-hydrogen) atoms. The maximum absolute atomic E-state index is 11.0. The van der Waals surface area contributed by atoms with Gasteiger partial charge in [0.15, 0.2) is 0 Å². The molecule has 0 heterocycles. The summed E-state index contributed by atoms with van der Waals surface area (Å²) < 4.78 is 4.53. The van der Waals surface area contributed by atoms with Crippen LogP contribution in [0.3, 0.4) is 0 Å². The molecule has 0 aromatic carbocycles. The Bertz CT molecular complexity index is 174. The van der Waals surface area contributed by atoms with Crippen LogP contribution in [-0.4, -0.2) is 44.7 Å². The summed E-state index contributed by atoms with van der Waals surface area (Å²) in [5.41, 5.74) is 0. The Balaban J connectivity index is 3.98. The van der Waals surface area contributed by atoms with Gasteiger partial charge in [0.2, 0.25) is 0 Å². The zero-order valence-electron chi connectivity index (χ0n) is 8.46. The van der Waals surface area contributed by atoms with Crippen molar-refractivity contribution in [3.8, 4) is 0 Å². The van der Waals surface area contributed by atoms with Gasteiger partial charge in [0, 0.05) is 20.6 Å². The van der Waals surface area contributed by atoms with E-state index in [9.17, 15) is 9.59 Å². The normalized spacial score (nSPS) is 11.7. The smallest absolute Gasteiger partial charge is 0.316 e. The van der Waals surface area contributed by atoms with Gasteiger partial charge in [0.1, 0.15) is 0 Å². The molecular weight excluding hydrogens is 172 g/mol. The SMILES string of the molecule is CNC(=O)N(C)CC(C)C(=O)OC. The average molecular weight is 188 g/mol. The number of nitrogens with zero attached hydrogens (tertiary/aromatic N) is 1. The first-order chi connectivity index (χ1) is 6.02. The third-order valence-corrected chi connectivity index (χ3v) is 1.71. The Hall–Kier alpha value is -1.26. The van der Waals surface area contributed by atoms with Gasteiger partial charge >= 0.3 is 12.0 Å². The molecule has 0 aliphatic heterocycles. The lowest BCUT2D eigenvalue weighted by Crippen LogP contribution is -2.39. The lowest BCUT2D eigenvalue weighted by molar-refractivity contribution is -0.145. The van der Waals surface area contributed by atoms with Crippen molar-refractivity contribution in [2.45, 2.75) is 6.92 Å². The third-order valence-electron chi connectivity index (χ3n) is 1.71. The van der Waals surface area contributed by atoms with Gasteiger partial charge in [-0.3, -0.25) is 4.79 Å². The number of ether oxygens (including phenoxy) is 1. The molecule has 0 aromatic heterocycles. The minimum atomic E-state index is -0.309. The number of nitrogens with one attached hydrogen (secondary N) is 1. The number of carbonyl (C=O) groups is 2. The molecule has 0 bridgehead atoms. The molecule has 0 aliphatic rings. The van der Waals surface area contributed by atoms with Crippen molar-refractivity contribution in [3.05, 3.63) is 0 Å². The molecule has 0 aliphatic carbocycles. The number of rotatable bonds is 3. The zero-order valence-corrected chi connectivity index (χ0v) is 8.46. The number of methoxy groups -OCH3 is 1. The van der Waals surface area contributed by atoms with E-state index in [2.05, 4.69) is 10.1 Å². The van der Waals surface area contributed by atoms with Crippen LogP contribution in [0.15, 0.2) is 0 Å². The maximum atomic E-state index is 11.0. The van der Waals surface area contributed by atoms with Gasteiger partial charge in [0.25, 0.3) is 0 Å². The van der Waals surface area contributed by atoms with E-state index in [0.717, 1.165) is 0 Å². The van der Waals surface area contributed by atoms with E-state index in [1.54, 1.807) is 21.0 Å². The summed E-state index contributed by atoms with van der Waals surface area (Å²) in [5.74, 6) is -0.608. The van der Waals surface area contributed by atoms with E-state index < -0.39 is 0 Å². The van der Waals surface area contributed by atoms with Gasteiger partial charge in [-0.1, -0.05) is 6.92 Å². The van der Waals surface area contributed by atoms with Crippen LogP contribution in [0.1, 0.15) is 6.92 Å². The summed E-state index contributed by atoms with van der Waals surface area (Å²) in [4.78, 5) is 23.4. The van der Waals surface area contributed by atoms with Crippen LogP contribution in [0.4, 0.5) is 4.79 Å². The number of hydrogen-bond acceptors (Lipinski definition) is 3. The molecule has 5 heteroatoms. The van der Waals surface area contributed by atoms with Gasteiger partial charge in [-0.25, -0.2) is 4.79 Å². The van der Waals surface area contributed by atoms with Crippen molar-refractivity contribution >= 4 is 12.0 Å². The van der Waals surface area contributed by atoms with Crippen LogP contribution in [-0.2, 0) is 9.53 Å². The Morgan fingerprint density at radius 1 is 1.54 bits per heavy atom. The van der Waals surface area contributed by atoms with Gasteiger partial charge in [0.05, 0.1) is 13.0 Å². The van der Waals surface area contributed by atoms with Crippen molar-refractivity contribution < 1.29 is 14.3 Å². The summed E-state index contributed by atoms with van der Waals surface area (Å²) in [6, 6.07) is -0.212. The molecule has 5 nitrogen and oxygen atoms in total. The van der Waals surface area contributed by atoms with Crippen LogP contribution in [0.2, 0.25) is 0 Å². The number of carbonyl (C=O) groups excluding carboxylic acids is 2. The van der Waals surface area contributed by atoms with Crippen molar-refractivity contribution in [2.24, 2.45) is 5.92 Å². The molecule has 0 saturated heterocycles. The first-order valence-corrected chi connectivity index (χ1v) is 4.03. The number of hydrogen-bond donors (Lipinski definition) is 1. The number of amides is 2. The van der Waals surface area contributed by atoms with Crippen molar-refractivity contribution in [3.63, 3.8) is 0 Å². The topological polar surface area (TPSA) is 58.6 Å². The van der Waals surface area contributed by atoms with Crippen LogP contribution < -0.4 is 5.32 Å². The molecule has 0 radical (unpaired) electrons. The number of esters is 1. The van der Waals surface area contributed by atoms with Crippen LogP contribution in [0, 0.1) is 5.92 Å². The van der Waals surface area contributed by atoms with Crippen LogP contribution in [0.25, 0.3) is 0 Å². The minimum absolute atomic E-state index is 0.212. The highest BCUT2D eigenvalue weighted by molar-refractivity contribution is 5.76. The Kier molecular flexibility index (Phi) is 4.87. The average Bonchev–Trinajstić information content (AvgIpc) is 2.14. The van der Waals surface area contributed by atoms with E-state index >= 15 is 0 Å². The van der Waals surface area contributed by atoms with Crippen molar-refractivity contribution in [2.75, 3.05) is 27.7 Å². The van der Waals surface area contributed by atoms with E-state index in [1.807, 2.05) is 0 Å². The summed E-state index contributed by atoms with van der Waals surface area (Å²) in [6.45, 7) is 2.07. The van der Waals surface area contributed by atoms with Crippen molar-refractivity contribution in [1.82, 2.24) is 10.2 Å². The lowest BCUT2D eigenvalue weighted by atomic mass is 10.2. The molecule has 0 saturated carbocycles. The monoisotopic (exact) mass is 188 g/mol. The van der Waals surface area contributed by atoms with Gasteiger partial charge in [-0.15, -0.1) is 0 Å². The summed E-state index contributed by atoms with van der Waals surface area (Å²) in [6.07, 6.45) is 0. The Labute approximate surface area is 78.0 Å². The van der Waals surface area contributed by atoms with Crippen LogP contribution >= 0.6 is 0 Å². The predicted molar refractivity (Wildman–Crippen MR) is 48.3 cm³/mol. The van der Waals surface area contributed by atoms with E-state index in [0.29, 0.717) is 6.54 Å². The molecule has 1 unspecified atom stereocenters. The minimum Gasteiger partial charge on any atom is -0.469 e. The highest BCUT2D eigenvalue weighted by Crippen LogP contribution is 2.00. The third kappa shape index (κ3) is 3.78. The van der Waals surface area contributed by atoms with E-state index in [4.69, 9.17) is 0 Å². The first-order valence-electron chi connectivity index (χ1n) is 4.03. The lowest BCUT2D eigenvalue weighted by Gasteiger charge is -2.19. The fourth-order valence-electron chi connectivity index (χ4n) is 0.960. The molecular formula is C8H16N2O3. The van der Waals surface area contributed by atoms with Gasteiger partial charge < -0.3 is 15.0 Å². The Morgan fingerprint density at radius 2 is 2.08 bits per heavy atom. The fourth-order valence-corrected chi connectivity index (χ4v) is 0.960. The van der Waals surface area contributed by atoms with E-state index in [1.165, 1.54) is 12.0 Å². The first kappa shape index (κ1) is 11.7. The molecule has 76 valence electrons. The summed E-state index contributed by atoms with van der Waals surface area (Å²) >= 11 is 0. The quantitative estimate of drug-likeness (QED) is 0.637. The standard InChI is InChI=1S/C8H16N2O3/c1-6(7(11)13-4)5-10(3)8(12)9-2/h6H,5H2,1-4H3,(H,9,12). The predicted octanol–water partition coefficient (Wildman–Crippen LogP) is 0.0667. The summed E-state index contributed by atoms with van der Waals surface area (Å²) in [7, 11) is 4.50.